The molecule has 3 nitrogen and oxygen atoms in total. The first kappa shape index (κ1) is 11.9. The lowest BCUT2D eigenvalue weighted by atomic mass is 10.1. The zero-order chi connectivity index (χ0) is 12.4. The lowest BCUT2D eigenvalue weighted by Crippen LogP contribution is -2.05. The van der Waals surface area contributed by atoms with Crippen LogP contribution in [0.2, 0.25) is 0 Å². The fourth-order valence-corrected chi connectivity index (χ4v) is 2.10. The molecule has 0 atom stereocenters. The summed E-state index contributed by atoms with van der Waals surface area (Å²) < 4.78 is 2.00. The number of rotatable bonds is 3. The third kappa shape index (κ3) is 2.39. The molecule has 0 bridgehead atoms. The summed E-state index contributed by atoms with van der Waals surface area (Å²) in [6.07, 6.45) is 0.832. The van der Waals surface area contributed by atoms with Gasteiger partial charge in [0.1, 0.15) is 0 Å². The normalized spacial score (nSPS) is 10.8. The van der Waals surface area contributed by atoms with E-state index in [0.29, 0.717) is 6.54 Å². The number of benzene rings is 1. The summed E-state index contributed by atoms with van der Waals surface area (Å²) in [5.41, 5.74) is 11.4. The molecule has 0 saturated heterocycles. The van der Waals surface area contributed by atoms with Gasteiger partial charge in [0.2, 0.25) is 0 Å². The standard InChI is InChI=1S/C14H19N3/c1-10-4-5-14(11(2)8-10)17-12(3)9-13(16-17)6-7-15/h4-5,8-9H,6-7,15H2,1-3H3. The maximum absolute atomic E-state index is 5.56. The Morgan fingerprint density at radius 3 is 2.59 bits per heavy atom. The Balaban J connectivity index is 2.45. The van der Waals surface area contributed by atoms with Gasteiger partial charge in [0.05, 0.1) is 11.4 Å². The Morgan fingerprint density at radius 2 is 1.94 bits per heavy atom. The quantitative estimate of drug-likeness (QED) is 0.877. The van der Waals surface area contributed by atoms with E-state index >= 15 is 0 Å². The van der Waals surface area contributed by atoms with E-state index in [9.17, 15) is 0 Å². The molecule has 2 aromatic rings. The Hall–Kier alpha value is -1.61. The molecule has 1 aromatic carbocycles. The van der Waals surface area contributed by atoms with E-state index in [4.69, 9.17) is 5.73 Å². The molecule has 0 unspecified atom stereocenters. The van der Waals surface area contributed by atoms with Crippen molar-refractivity contribution in [3.05, 3.63) is 46.8 Å². The highest BCUT2D eigenvalue weighted by molar-refractivity contribution is 5.43. The molecule has 0 amide bonds. The van der Waals surface area contributed by atoms with Crippen LogP contribution >= 0.6 is 0 Å². The van der Waals surface area contributed by atoms with Gasteiger partial charge >= 0.3 is 0 Å². The van der Waals surface area contributed by atoms with Gasteiger partial charge in [0.15, 0.2) is 0 Å². The molecule has 2 rings (SSSR count). The summed E-state index contributed by atoms with van der Waals surface area (Å²) in [6, 6.07) is 8.52. The van der Waals surface area contributed by atoms with E-state index in [1.54, 1.807) is 0 Å². The van der Waals surface area contributed by atoms with Gasteiger partial charge in [-0.2, -0.15) is 5.10 Å². The molecule has 0 aliphatic carbocycles. The number of nitrogens with two attached hydrogens (primary N) is 1. The third-order valence-electron chi connectivity index (χ3n) is 2.92. The number of hydrogen-bond donors (Lipinski definition) is 1. The van der Waals surface area contributed by atoms with E-state index in [1.165, 1.54) is 11.1 Å². The highest BCUT2D eigenvalue weighted by atomic mass is 15.3. The zero-order valence-corrected chi connectivity index (χ0v) is 10.7. The van der Waals surface area contributed by atoms with Crippen LogP contribution in [0.4, 0.5) is 0 Å². The monoisotopic (exact) mass is 229 g/mol. The van der Waals surface area contributed by atoms with Gasteiger partial charge in [-0.25, -0.2) is 4.68 Å². The van der Waals surface area contributed by atoms with Gasteiger partial charge in [0, 0.05) is 12.1 Å². The van der Waals surface area contributed by atoms with E-state index in [0.717, 1.165) is 23.5 Å². The number of aryl methyl sites for hydroxylation is 3. The molecule has 1 heterocycles. The molecule has 0 spiro atoms. The van der Waals surface area contributed by atoms with Crippen molar-refractivity contribution in [2.24, 2.45) is 5.73 Å². The molecule has 1 aromatic heterocycles. The van der Waals surface area contributed by atoms with Crippen LogP contribution in [0.5, 0.6) is 0 Å². The van der Waals surface area contributed by atoms with Crippen LogP contribution in [0.15, 0.2) is 24.3 Å². The van der Waals surface area contributed by atoms with Crippen molar-refractivity contribution in [2.45, 2.75) is 27.2 Å². The minimum Gasteiger partial charge on any atom is -0.330 e. The van der Waals surface area contributed by atoms with Crippen LogP contribution in [-0.2, 0) is 6.42 Å². The number of aromatic nitrogens is 2. The van der Waals surface area contributed by atoms with Crippen LogP contribution in [0.3, 0.4) is 0 Å². The molecular weight excluding hydrogens is 210 g/mol. The smallest absolute Gasteiger partial charge is 0.0678 e. The highest BCUT2D eigenvalue weighted by Gasteiger charge is 2.07. The average Bonchev–Trinajstić information content (AvgIpc) is 2.60. The second-order valence-corrected chi connectivity index (χ2v) is 4.52. The largest absolute Gasteiger partial charge is 0.330 e. The van der Waals surface area contributed by atoms with Gasteiger partial charge in [-0.3, -0.25) is 0 Å². The van der Waals surface area contributed by atoms with Crippen LogP contribution in [0.25, 0.3) is 5.69 Å². The Kier molecular flexibility index (Phi) is 3.29. The summed E-state index contributed by atoms with van der Waals surface area (Å²) in [7, 11) is 0. The maximum Gasteiger partial charge on any atom is 0.0678 e. The molecule has 90 valence electrons. The van der Waals surface area contributed by atoms with Gasteiger partial charge < -0.3 is 5.73 Å². The lowest BCUT2D eigenvalue weighted by Gasteiger charge is -2.08. The average molecular weight is 229 g/mol. The molecule has 0 saturated carbocycles. The summed E-state index contributed by atoms with van der Waals surface area (Å²) >= 11 is 0. The lowest BCUT2D eigenvalue weighted by molar-refractivity contribution is 0.799. The first-order valence-corrected chi connectivity index (χ1v) is 5.95. The van der Waals surface area contributed by atoms with Crippen LogP contribution in [-0.4, -0.2) is 16.3 Å². The maximum atomic E-state index is 5.56. The molecule has 0 fully saturated rings. The predicted octanol–water partition coefficient (Wildman–Crippen LogP) is 2.30. The van der Waals surface area contributed by atoms with Crippen LogP contribution in [0, 0.1) is 20.8 Å². The SMILES string of the molecule is Cc1ccc(-n2nc(CCN)cc2C)c(C)c1. The van der Waals surface area contributed by atoms with Crippen LogP contribution in [0.1, 0.15) is 22.5 Å². The van der Waals surface area contributed by atoms with E-state index in [1.807, 2.05) is 4.68 Å². The summed E-state index contributed by atoms with van der Waals surface area (Å²) in [4.78, 5) is 0. The number of hydrogen-bond acceptors (Lipinski definition) is 2. The van der Waals surface area contributed by atoms with Crippen molar-refractivity contribution in [1.29, 1.82) is 0 Å². The van der Waals surface area contributed by atoms with Crippen molar-refractivity contribution in [3.8, 4) is 5.69 Å². The minimum absolute atomic E-state index is 0.642. The zero-order valence-electron chi connectivity index (χ0n) is 10.7. The second kappa shape index (κ2) is 4.72. The molecule has 17 heavy (non-hydrogen) atoms. The van der Waals surface area contributed by atoms with Gasteiger partial charge in [0.25, 0.3) is 0 Å². The fraction of sp³-hybridized carbons (Fsp3) is 0.357. The molecule has 2 N–H and O–H groups in total. The first-order valence-electron chi connectivity index (χ1n) is 5.95. The summed E-state index contributed by atoms with van der Waals surface area (Å²) in [5, 5.41) is 4.60. The van der Waals surface area contributed by atoms with E-state index in [-0.39, 0.29) is 0 Å². The molecule has 0 aliphatic rings. The van der Waals surface area contributed by atoms with Gasteiger partial charge in [-0.1, -0.05) is 17.7 Å². The van der Waals surface area contributed by atoms with Gasteiger partial charge in [-0.15, -0.1) is 0 Å². The fourth-order valence-electron chi connectivity index (χ4n) is 2.10. The van der Waals surface area contributed by atoms with Crippen molar-refractivity contribution >= 4 is 0 Å². The topological polar surface area (TPSA) is 43.8 Å². The molecule has 0 radical (unpaired) electrons. The molecule has 3 heteroatoms. The molecular formula is C14H19N3. The van der Waals surface area contributed by atoms with E-state index < -0.39 is 0 Å². The predicted molar refractivity (Wildman–Crippen MR) is 70.5 cm³/mol. The first-order chi connectivity index (χ1) is 8.11. The third-order valence-corrected chi connectivity index (χ3v) is 2.92. The second-order valence-electron chi connectivity index (χ2n) is 4.52. The van der Waals surface area contributed by atoms with Crippen molar-refractivity contribution in [2.75, 3.05) is 6.54 Å². The van der Waals surface area contributed by atoms with E-state index in [2.05, 4.69) is 50.1 Å². The Morgan fingerprint density at radius 1 is 1.18 bits per heavy atom. The van der Waals surface area contributed by atoms with Crippen molar-refractivity contribution in [1.82, 2.24) is 9.78 Å². The Bertz CT molecular complexity index is 526. The number of nitrogens with zero attached hydrogens (tertiary/aromatic N) is 2. The molecule has 0 aliphatic heterocycles. The van der Waals surface area contributed by atoms with Crippen LogP contribution < -0.4 is 5.73 Å². The van der Waals surface area contributed by atoms with Gasteiger partial charge in [-0.05, 0) is 45.0 Å². The Labute approximate surface area is 102 Å². The van der Waals surface area contributed by atoms with Crippen molar-refractivity contribution < 1.29 is 0 Å². The highest BCUT2D eigenvalue weighted by Crippen LogP contribution is 2.17. The summed E-state index contributed by atoms with van der Waals surface area (Å²) in [6.45, 7) is 6.94. The summed E-state index contributed by atoms with van der Waals surface area (Å²) in [5.74, 6) is 0. The van der Waals surface area contributed by atoms with Crippen molar-refractivity contribution in [3.63, 3.8) is 0 Å². The minimum atomic E-state index is 0.642.